The highest BCUT2D eigenvalue weighted by Gasteiger charge is 2.18. The first-order valence-corrected chi connectivity index (χ1v) is 9.88. The van der Waals surface area contributed by atoms with Crippen LogP contribution in [0.25, 0.3) is 0 Å². The van der Waals surface area contributed by atoms with Gasteiger partial charge in [-0.1, -0.05) is 12.1 Å². The molecule has 0 aliphatic rings. The maximum Gasteiger partial charge on any atom is 0.269 e. The van der Waals surface area contributed by atoms with Crippen molar-refractivity contribution >= 4 is 11.8 Å². The highest BCUT2D eigenvalue weighted by atomic mass is 19.1. The molecule has 0 aliphatic heterocycles. The number of rotatable bonds is 10. The number of carbonyl (C=O) groups excluding carboxylic acids is 2. The molecule has 162 valence electrons. The Morgan fingerprint density at radius 3 is 1.97 bits per heavy atom. The number of benzene rings is 2. The van der Waals surface area contributed by atoms with Crippen molar-refractivity contribution < 1.29 is 28.2 Å². The second-order valence-electron chi connectivity index (χ2n) is 6.23. The number of aryl methyl sites for hydroxylation is 1. The predicted octanol–water partition coefficient (Wildman–Crippen LogP) is 3.42. The minimum Gasteiger partial charge on any atom is -0.490 e. The van der Waals surface area contributed by atoms with Gasteiger partial charge in [0.25, 0.3) is 5.91 Å². The van der Waals surface area contributed by atoms with E-state index in [2.05, 4.69) is 10.9 Å². The van der Waals surface area contributed by atoms with Crippen LogP contribution in [0.15, 0.2) is 36.4 Å². The fourth-order valence-electron chi connectivity index (χ4n) is 2.69. The fraction of sp³-hybridized carbons (Fsp3) is 0.364. The summed E-state index contributed by atoms with van der Waals surface area (Å²) in [5, 5.41) is 0. The Labute approximate surface area is 175 Å². The standard InChI is InChI=1S/C22H27FN2O5/c1-4-28-18-13-16(14-19(29-5-2)21(18)30-6-3)22(27)25-24-20(26)12-9-15-7-10-17(23)11-8-15/h7-8,10-11,13-14H,4-6,9,12H2,1-3H3,(H,24,26)(H,25,27). The van der Waals surface area contributed by atoms with Crippen LogP contribution in [0, 0.1) is 5.82 Å². The Balaban J connectivity index is 2.02. The molecular formula is C22H27FN2O5. The van der Waals surface area contributed by atoms with Crippen molar-refractivity contribution in [1.82, 2.24) is 10.9 Å². The lowest BCUT2D eigenvalue weighted by atomic mass is 10.1. The zero-order valence-electron chi connectivity index (χ0n) is 17.4. The van der Waals surface area contributed by atoms with Crippen LogP contribution >= 0.6 is 0 Å². The molecule has 0 fully saturated rings. The predicted molar refractivity (Wildman–Crippen MR) is 110 cm³/mol. The summed E-state index contributed by atoms with van der Waals surface area (Å²) in [6, 6.07) is 8.99. The monoisotopic (exact) mass is 418 g/mol. The summed E-state index contributed by atoms with van der Waals surface area (Å²) in [6.45, 7) is 6.67. The van der Waals surface area contributed by atoms with Gasteiger partial charge < -0.3 is 14.2 Å². The van der Waals surface area contributed by atoms with E-state index in [9.17, 15) is 14.0 Å². The van der Waals surface area contributed by atoms with E-state index in [1.165, 1.54) is 24.3 Å². The molecule has 2 rings (SSSR count). The van der Waals surface area contributed by atoms with Gasteiger partial charge in [-0.05, 0) is 57.0 Å². The number of hydrazine groups is 1. The molecular weight excluding hydrogens is 391 g/mol. The summed E-state index contributed by atoms with van der Waals surface area (Å²) < 4.78 is 29.7. The lowest BCUT2D eigenvalue weighted by Crippen LogP contribution is -2.41. The lowest BCUT2D eigenvalue weighted by molar-refractivity contribution is -0.121. The number of nitrogens with one attached hydrogen (secondary N) is 2. The van der Waals surface area contributed by atoms with Crippen molar-refractivity contribution in [3.05, 3.63) is 53.3 Å². The Morgan fingerprint density at radius 1 is 0.867 bits per heavy atom. The third kappa shape index (κ3) is 6.65. The summed E-state index contributed by atoms with van der Waals surface area (Å²) >= 11 is 0. The number of hydrogen-bond donors (Lipinski definition) is 2. The highest BCUT2D eigenvalue weighted by molar-refractivity contribution is 5.96. The van der Waals surface area contributed by atoms with E-state index < -0.39 is 5.91 Å². The third-order valence-electron chi connectivity index (χ3n) is 4.04. The molecule has 0 aliphatic carbocycles. The largest absolute Gasteiger partial charge is 0.490 e. The zero-order chi connectivity index (χ0) is 21.9. The summed E-state index contributed by atoms with van der Waals surface area (Å²) in [5.74, 6) is -0.00955. The van der Waals surface area contributed by atoms with Gasteiger partial charge in [0.05, 0.1) is 19.8 Å². The molecule has 7 nitrogen and oxygen atoms in total. The van der Waals surface area contributed by atoms with E-state index in [1.54, 1.807) is 12.1 Å². The quantitative estimate of drug-likeness (QED) is 0.578. The molecule has 2 amide bonds. The number of carbonyl (C=O) groups is 2. The smallest absolute Gasteiger partial charge is 0.269 e. The Kier molecular flexibility index (Phi) is 8.93. The average Bonchev–Trinajstić information content (AvgIpc) is 2.74. The van der Waals surface area contributed by atoms with Crippen LogP contribution in [-0.2, 0) is 11.2 Å². The van der Waals surface area contributed by atoms with Crippen LogP contribution in [0.1, 0.15) is 43.1 Å². The number of halogens is 1. The van der Waals surface area contributed by atoms with E-state index in [0.29, 0.717) is 43.5 Å². The molecule has 0 spiro atoms. The third-order valence-corrected chi connectivity index (χ3v) is 4.04. The molecule has 2 N–H and O–H groups in total. The van der Waals surface area contributed by atoms with Gasteiger partial charge in [-0.2, -0.15) is 0 Å². The van der Waals surface area contributed by atoms with Crippen molar-refractivity contribution in [1.29, 1.82) is 0 Å². The summed E-state index contributed by atoms with van der Waals surface area (Å²) in [7, 11) is 0. The molecule has 2 aromatic rings. The van der Waals surface area contributed by atoms with Crippen LogP contribution in [0.4, 0.5) is 4.39 Å². The molecule has 30 heavy (non-hydrogen) atoms. The molecule has 0 unspecified atom stereocenters. The van der Waals surface area contributed by atoms with E-state index in [0.717, 1.165) is 5.56 Å². The second kappa shape index (κ2) is 11.6. The Bertz CT molecular complexity index is 828. The summed E-state index contributed by atoms with van der Waals surface area (Å²) in [5.41, 5.74) is 5.84. The first kappa shape index (κ1) is 23.0. The number of hydrogen-bond acceptors (Lipinski definition) is 5. The lowest BCUT2D eigenvalue weighted by Gasteiger charge is -2.17. The van der Waals surface area contributed by atoms with Gasteiger partial charge in [-0.15, -0.1) is 0 Å². The first-order valence-electron chi connectivity index (χ1n) is 9.88. The molecule has 0 bridgehead atoms. The summed E-state index contributed by atoms with van der Waals surface area (Å²) in [6.07, 6.45) is 0.567. The molecule has 0 heterocycles. The Morgan fingerprint density at radius 2 is 1.43 bits per heavy atom. The van der Waals surface area contributed by atoms with E-state index in [1.807, 2.05) is 20.8 Å². The van der Waals surface area contributed by atoms with Crippen LogP contribution in [-0.4, -0.2) is 31.6 Å². The van der Waals surface area contributed by atoms with Crippen molar-refractivity contribution in [3.8, 4) is 17.2 Å². The van der Waals surface area contributed by atoms with Crippen LogP contribution in [0.5, 0.6) is 17.2 Å². The highest BCUT2D eigenvalue weighted by Crippen LogP contribution is 2.39. The van der Waals surface area contributed by atoms with E-state index >= 15 is 0 Å². The van der Waals surface area contributed by atoms with Crippen molar-refractivity contribution in [2.45, 2.75) is 33.6 Å². The minimum absolute atomic E-state index is 0.142. The van der Waals surface area contributed by atoms with Crippen LogP contribution < -0.4 is 25.1 Å². The molecule has 8 heteroatoms. The average molecular weight is 418 g/mol. The topological polar surface area (TPSA) is 85.9 Å². The normalized spacial score (nSPS) is 10.3. The maximum absolute atomic E-state index is 12.9. The van der Waals surface area contributed by atoms with Crippen molar-refractivity contribution in [3.63, 3.8) is 0 Å². The second-order valence-corrected chi connectivity index (χ2v) is 6.23. The van der Waals surface area contributed by atoms with Gasteiger partial charge in [-0.3, -0.25) is 20.4 Å². The molecule has 0 aromatic heterocycles. The van der Waals surface area contributed by atoms with Gasteiger partial charge >= 0.3 is 0 Å². The molecule has 0 atom stereocenters. The van der Waals surface area contributed by atoms with Gasteiger partial charge in [0.15, 0.2) is 11.5 Å². The van der Waals surface area contributed by atoms with Crippen LogP contribution in [0.3, 0.4) is 0 Å². The van der Waals surface area contributed by atoms with Gasteiger partial charge in [0.2, 0.25) is 11.7 Å². The SMILES string of the molecule is CCOc1cc(C(=O)NNC(=O)CCc2ccc(F)cc2)cc(OCC)c1OCC. The Hall–Kier alpha value is -3.29. The fourth-order valence-corrected chi connectivity index (χ4v) is 2.69. The van der Waals surface area contributed by atoms with Crippen molar-refractivity contribution in [2.75, 3.05) is 19.8 Å². The maximum atomic E-state index is 12.9. The number of ether oxygens (including phenoxy) is 3. The van der Waals surface area contributed by atoms with Gasteiger partial charge in [0.1, 0.15) is 5.82 Å². The molecule has 0 saturated carbocycles. The molecule has 0 saturated heterocycles. The van der Waals surface area contributed by atoms with Crippen LogP contribution in [0.2, 0.25) is 0 Å². The summed E-state index contributed by atoms with van der Waals surface area (Å²) in [4.78, 5) is 24.6. The van der Waals surface area contributed by atoms with Gasteiger partial charge in [0, 0.05) is 12.0 Å². The molecule has 0 radical (unpaired) electrons. The van der Waals surface area contributed by atoms with Crippen molar-refractivity contribution in [2.24, 2.45) is 0 Å². The zero-order valence-corrected chi connectivity index (χ0v) is 17.4. The van der Waals surface area contributed by atoms with E-state index in [-0.39, 0.29) is 23.7 Å². The molecule has 2 aromatic carbocycles. The minimum atomic E-state index is -0.518. The number of amides is 2. The van der Waals surface area contributed by atoms with Gasteiger partial charge in [-0.25, -0.2) is 4.39 Å². The first-order chi connectivity index (χ1) is 14.5. The van der Waals surface area contributed by atoms with E-state index in [4.69, 9.17) is 14.2 Å².